The van der Waals surface area contributed by atoms with Gasteiger partial charge in [-0.1, -0.05) is 40.5 Å². The maximum Gasteiger partial charge on any atom is 0.0491 e. The molecule has 0 aliphatic rings. The molecule has 2 nitrogen and oxygen atoms in total. The van der Waals surface area contributed by atoms with E-state index in [-0.39, 0.29) is 0 Å². The molecule has 0 saturated carbocycles. The monoisotopic (exact) mass is 216 g/mol. The lowest BCUT2D eigenvalue weighted by Gasteiger charge is -2.11. The zero-order chi connectivity index (χ0) is 11.5. The highest BCUT2D eigenvalue weighted by Gasteiger charge is 1.99. The van der Waals surface area contributed by atoms with Crippen LogP contribution in [-0.4, -0.2) is 26.4 Å². The van der Waals surface area contributed by atoms with Crippen molar-refractivity contribution in [3.63, 3.8) is 0 Å². The highest BCUT2D eigenvalue weighted by Crippen LogP contribution is 2.02. The fraction of sp³-hybridized carbons (Fsp3) is 1.00. The first kappa shape index (κ1) is 14.9. The first-order valence-corrected chi connectivity index (χ1v) is 6.36. The van der Waals surface area contributed by atoms with Gasteiger partial charge in [-0.05, 0) is 18.3 Å². The Kier molecular flexibility index (Phi) is 10.4. The van der Waals surface area contributed by atoms with Gasteiger partial charge in [-0.2, -0.15) is 0 Å². The van der Waals surface area contributed by atoms with Gasteiger partial charge in [0.15, 0.2) is 0 Å². The average molecular weight is 216 g/mol. The predicted molar refractivity (Wildman–Crippen MR) is 65.2 cm³/mol. The molecule has 0 aromatic carbocycles. The summed E-state index contributed by atoms with van der Waals surface area (Å²) in [5, 5.41) is 0. The summed E-state index contributed by atoms with van der Waals surface area (Å²) in [4.78, 5) is 0. The van der Waals surface area contributed by atoms with Crippen molar-refractivity contribution < 1.29 is 9.47 Å². The van der Waals surface area contributed by atoms with Crippen LogP contribution in [-0.2, 0) is 9.47 Å². The Labute approximate surface area is 95.3 Å². The number of rotatable bonds is 10. The highest BCUT2D eigenvalue weighted by atomic mass is 16.5. The van der Waals surface area contributed by atoms with Crippen LogP contribution in [0.25, 0.3) is 0 Å². The molecular formula is C13H28O2. The summed E-state index contributed by atoms with van der Waals surface area (Å²) in [7, 11) is 0. The Bertz CT molecular complexity index is 112. The van der Waals surface area contributed by atoms with E-state index in [1.54, 1.807) is 0 Å². The van der Waals surface area contributed by atoms with Crippen molar-refractivity contribution in [1.29, 1.82) is 0 Å². The van der Waals surface area contributed by atoms with Crippen molar-refractivity contribution in [2.24, 2.45) is 11.8 Å². The second kappa shape index (κ2) is 10.4. The third kappa shape index (κ3) is 10.2. The molecule has 2 unspecified atom stereocenters. The van der Waals surface area contributed by atoms with Gasteiger partial charge in [0.2, 0.25) is 0 Å². The summed E-state index contributed by atoms with van der Waals surface area (Å²) in [6, 6.07) is 0. The molecule has 2 heteroatoms. The zero-order valence-electron chi connectivity index (χ0n) is 10.9. The number of ether oxygens (including phenoxy) is 2. The second-order valence-corrected chi connectivity index (χ2v) is 4.53. The van der Waals surface area contributed by atoms with Crippen molar-refractivity contribution in [1.82, 2.24) is 0 Å². The summed E-state index contributed by atoms with van der Waals surface area (Å²) in [5.41, 5.74) is 0. The topological polar surface area (TPSA) is 18.5 Å². The Morgan fingerprint density at radius 3 is 1.53 bits per heavy atom. The first-order valence-electron chi connectivity index (χ1n) is 6.36. The summed E-state index contributed by atoms with van der Waals surface area (Å²) >= 11 is 0. The standard InChI is InChI=1S/C13H28O2/c1-5-12(3)10-14-8-7-9-15-11-13(4)6-2/h12-13H,5-11H2,1-4H3. The Hall–Kier alpha value is -0.0800. The van der Waals surface area contributed by atoms with Gasteiger partial charge in [-0.25, -0.2) is 0 Å². The van der Waals surface area contributed by atoms with Crippen molar-refractivity contribution in [3.8, 4) is 0 Å². The van der Waals surface area contributed by atoms with Gasteiger partial charge in [0.05, 0.1) is 0 Å². The molecule has 0 aliphatic heterocycles. The Balaban J connectivity index is 3.05. The molecule has 0 bridgehead atoms. The minimum atomic E-state index is 0.686. The van der Waals surface area contributed by atoms with Gasteiger partial charge >= 0.3 is 0 Å². The fourth-order valence-electron chi connectivity index (χ4n) is 1.07. The lowest BCUT2D eigenvalue weighted by Crippen LogP contribution is -2.09. The molecule has 0 aromatic heterocycles. The van der Waals surface area contributed by atoms with Gasteiger partial charge in [0.25, 0.3) is 0 Å². The molecule has 92 valence electrons. The van der Waals surface area contributed by atoms with Gasteiger partial charge in [-0.15, -0.1) is 0 Å². The zero-order valence-corrected chi connectivity index (χ0v) is 10.9. The minimum absolute atomic E-state index is 0.686. The van der Waals surface area contributed by atoms with Gasteiger partial charge in [0.1, 0.15) is 0 Å². The third-order valence-electron chi connectivity index (χ3n) is 2.78. The maximum absolute atomic E-state index is 5.54. The SMILES string of the molecule is CCC(C)COCCCOCC(C)CC. The van der Waals surface area contributed by atoms with Crippen LogP contribution in [0, 0.1) is 11.8 Å². The summed E-state index contributed by atoms with van der Waals surface area (Å²) < 4.78 is 11.1. The van der Waals surface area contributed by atoms with Gasteiger partial charge in [0, 0.05) is 26.4 Å². The molecular weight excluding hydrogens is 188 g/mol. The van der Waals surface area contributed by atoms with Crippen LogP contribution in [0.15, 0.2) is 0 Å². The summed E-state index contributed by atoms with van der Waals surface area (Å²) in [6.07, 6.45) is 3.42. The molecule has 0 N–H and O–H groups in total. The van der Waals surface area contributed by atoms with Crippen molar-refractivity contribution in [2.45, 2.75) is 47.0 Å². The molecule has 0 rings (SSSR count). The van der Waals surface area contributed by atoms with Crippen molar-refractivity contribution >= 4 is 0 Å². The van der Waals surface area contributed by atoms with Gasteiger partial charge in [-0.3, -0.25) is 0 Å². The minimum Gasteiger partial charge on any atom is -0.381 e. The molecule has 0 aromatic rings. The van der Waals surface area contributed by atoms with E-state index in [2.05, 4.69) is 27.7 Å². The van der Waals surface area contributed by atoms with E-state index < -0.39 is 0 Å². The molecule has 0 saturated heterocycles. The summed E-state index contributed by atoms with van der Waals surface area (Å²) in [5.74, 6) is 1.37. The second-order valence-electron chi connectivity index (χ2n) is 4.53. The van der Waals surface area contributed by atoms with Crippen molar-refractivity contribution in [2.75, 3.05) is 26.4 Å². The van der Waals surface area contributed by atoms with E-state index in [1.807, 2.05) is 0 Å². The van der Waals surface area contributed by atoms with Crippen LogP contribution in [0.4, 0.5) is 0 Å². The molecule has 0 amide bonds. The quantitative estimate of drug-likeness (QED) is 0.520. The van der Waals surface area contributed by atoms with E-state index in [0.29, 0.717) is 11.8 Å². The van der Waals surface area contributed by atoms with Crippen LogP contribution in [0.3, 0.4) is 0 Å². The Morgan fingerprint density at radius 1 is 0.800 bits per heavy atom. The predicted octanol–water partition coefficient (Wildman–Crippen LogP) is 3.50. The van der Waals surface area contributed by atoms with Crippen LogP contribution in [0.2, 0.25) is 0 Å². The largest absolute Gasteiger partial charge is 0.381 e. The normalized spacial score (nSPS) is 15.2. The third-order valence-corrected chi connectivity index (χ3v) is 2.78. The van der Waals surface area contributed by atoms with Crippen LogP contribution < -0.4 is 0 Å². The molecule has 0 fully saturated rings. The molecule has 0 aliphatic carbocycles. The van der Waals surface area contributed by atoms with Crippen molar-refractivity contribution in [3.05, 3.63) is 0 Å². The van der Waals surface area contributed by atoms with Gasteiger partial charge < -0.3 is 9.47 Å². The highest BCUT2D eigenvalue weighted by molar-refractivity contribution is 4.48. The number of hydrogen-bond acceptors (Lipinski definition) is 2. The average Bonchev–Trinajstić information content (AvgIpc) is 2.26. The smallest absolute Gasteiger partial charge is 0.0491 e. The van der Waals surface area contributed by atoms with E-state index in [9.17, 15) is 0 Å². The maximum atomic E-state index is 5.54. The van der Waals surface area contributed by atoms with Crippen LogP contribution >= 0.6 is 0 Å². The van der Waals surface area contributed by atoms with Crippen LogP contribution in [0.1, 0.15) is 47.0 Å². The molecule has 2 atom stereocenters. The van der Waals surface area contributed by atoms with E-state index in [4.69, 9.17) is 9.47 Å². The molecule has 0 spiro atoms. The van der Waals surface area contributed by atoms with E-state index in [0.717, 1.165) is 32.8 Å². The lowest BCUT2D eigenvalue weighted by atomic mass is 10.1. The molecule has 0 radical (unpaired) electrons. The first-order chi connectivity index (χ1) is 7.20. The fourth-order valence-corrected chi connectivity index (χ4v) is 1.07. The van der Waals surface area contributed by atoms with E-state index in [1.165, 1.54) is 12.8 Å². The molecule has 15 heavy (non-hydrogen) atoms. The number of hydrogen-bond donors (Lipinski definition) is 0. The Morgan fingerprint density at radius 2 is 1.20 bits per heavy atom. The van der Waals surface area contributed by atoms with E-state index >= 15 is 0 Å². The van der Waals surface area contributed by atoms with Crippen LogP contribution in [0.5, 0.6) is 0 Å². The molecule has 0 heterocycles. The summed E-state index contributed by atoms with van der Waals surface area (Å²) in [6.45, 7) is 12.3. The lowest BCUT2D eigenvalue weighted by molar-refractivity contribution is 0.0579.